The maximum Gasteiger partial charge on any atom is 0.210 e. The number of allylic oxidation sites excluding steroid dienone is 8. The molecule has 1 fully saturated rings. The molecule has 2 heterocycles. The molecule has 0 aromatic heterocycles. The van der Waals surface area contributed by atoms with E-state index in [0.717, 1.165) is 22.0 Å². The van der Waals surface area contributed by atoms with E-state index in [1.807, 2.05) is 0 Å². The van der Waals surface area contributed by atoms with Gasteiger partial charge in [0.1, 0.15) is 6.54 Å². The van der Waals surface area contributed by atoms with Gasteiger partial charge in [0.15, 0.2) is 5.71 Å². The Bertz CT molecular complexity index is 2350. The van der Waals surface area contributed by atoms with Crippen molar-refractivity contribution in [1.29, 1.82) is 0 Å². The van der Waals surface area contributed by atoms with Crippen molar-refractivity contribution >= 4 is 70.5 Å². The number of hydrogen-bond acceptors (Lipinski definition) is 1. The van der Waals surface area contributed by atoms with Gasteiger partial charge in [0.2, 0.25) is 5.69 Å². The number of benzene rings is 4. The zero-order valence-corrected chi connectivity index (χ0v) is 37.5. The fraction of sp³-hybridized carbons (Fsp3) is 0.431. The zero-order valence-electron chi connectivity index (χ0n) is 34.3. The summed E-state index contributed by atoms with van der Waals surface area (Å²) in [6.07, 6.45) is 21.2. The molecule has 2 aliphatic heterocycles. The summed E-state index contributed by atoms with van der Waals surface area (Å²) < 4.78 is 4.92. The predicted molar refractivity (Wildman–Crippen MR) is 244 cm³/mol. The van der Waals surface area contributed by atoms with Crippen molar-refractivity contribution in [3.63, 3.8) is 0 Å². The third kappa shape index (κ3) is 6.46. The highest BCUT2D eigenvalue weighted by atomic mass is 79.9. The molecule has 3 aliphatic carbocycles. The Morgan fingerprint density at radius 2 is 1.36 bits per heavy atom. The molecule has 0 radical (unpaired) electrons. The third-order valence-corrected chi connectivity index (χ3v) is 14.8. The average Bonchev–Trinajstić information content (AvgIpc) is 3.50. The normalized spacial score (nSPS) is 23.3. The molecule has 0 saturated heterocycles. The van der Waals surface area contributed by atoms with Crippen LogP contribution in [-0.2, 0) is 10.8 Å². The molecule has 0 N–H and O–H groups in total. The standard InChI is InChI=1S/C51H59Br2N2/c1-9-11-13-27-54-43-23-15-33-30-37(52)19-21-39(33)47(43)50(5,6)45(54)25-17-35-29-36(42-32-41(35)49(42,3)4)18-26-46-51(7,8)48-40-22-20-38(53)31-34(40)16-24-44(48)55(46)28-14-12-10-2/h15-26,29-31,41-42H,9-14,27-28,32H2,1-8H3/q+1. The van der Waals surface area contributed by atoms with Crippen molar-refractivity contribution in [1.82, 2.24) is 0 Å². The van der Waals surface area contributed by atoms with Crippen molar-refractivity contribution in [3.05, 3.63) is 128 Å². The topological polar surface area (TPSA) is 6.25 Å². The molecular weight excluding hydrogens is 800 g/mol. The lowest BCUT2D eigenvalue weighted by Gasteiger charge is -2.57. The number of nitrogens with zero attached hydrogens (tertiary/aromatic N) is 2. The molecule has 0 amide bonds. The Morgan fingerprint density at radius 1 is 0.709 bits per heavy atom. The summed E-state index contributed by atoms with van der Waals surface area (Å²) in [5.74, 6) is 1.17. The van der Waals surface area contributed by atoms with Crippen LogP contribution in [0.2, 0.25) is 0 Å². The number of hydrogen-bond donors (Lipinski definition) is 0. The van der Waals surface area contributed by atoms with Gasteiger partial charge >= 0.3 is 0 Å². The Kier molecular flexibility index (Phi) is 10.3. The van der Waals surface area contributed by atoms with Gasteiger partial charge < -0.3 is 4.90 Å². The van der Waals surface area contributed by atoms with Crippen molar-refractivity contribution in [2.24, 2.45) is 17.3 Å². The summed E-state index contributed by atoms with van der Waals surface area (Å²) in [5.41, 5.74) is 11.6. The second kappa shape index (κ2) is 14.6. The van der Waals surface area contributed by atoms with Crippen LogP contribution in [0.1, 0.15) is 111 Å². The molecule has 55 heavy (non-hydrogen) atoms. The van der Waals surface area contributed by atoms with E-state index in [4.69, 9.17) is 0 Å². The van der Waals surface area contributed by atoms with Crippen LogP contribution in [-0.4, -0.2) is 23.4 Å². The molecule has 1 saturated carbocycles. The lowest BCUT2D eigenvalue weighted by molar-refractivity contribution is -0.438. The molecule has 2 bridgehead atoms. The van der Waals surface area contributed by atoms with E-state index in [1.54, 1.807) is 0 Å². The van der Waals surface area contributed by atoms with Crippen LogP contribution in [0.25, 0.3) is 21.5 Å². The Balaban J connectivity index is 1.19. The van der Waals surface area contributed by atoms with E-state index >= 15 is 0 Å². The summed E-state index contributed by atoms with van der Waals surface area (Å²) in [7, 11) is 0. The van der Waals surface area contributed by atoms with Crippen LogP contribution < -0.4 is 4.90 Å². The first kappa shape index (κ1) is 38.7. The highest BCUT2D eigenvalue weighted by Gasteiger charge is 2.53. The summed E-state index contributed by atoms with van der Waals surface area (Å²) in [6.45, 7) is 21.5. The van der Waals surface area contributed by atoms with E-state index in [2.05, 4.69) is 188 Å². The largest absolute Gasteiger partial charge is 0.344 e. The van der Waals surface area contributed by atoms with Crippen molar-refractivity contribution in [2.45, 2.75) is 111 Å². The zero-order chi connectivity index (χ0) is 38.9. The fourth-order valence-corrected chi connectivity index (χ4v) is 11.5. The molecule has 286 valence electrons. The smallest absolute Gasteiger partial charge is 0.210 e. The van der Waals surface area contributed by atoms with Crippen molar-refractivity contribution < 1.29 is 4.58 Å². The van der Waals surface area contributed by atoms with E-state index < -0.39 is 0 Å². The minimum Gasteiger partial charge on any atom is -0.344 e. The van der Waals surface area contributed by atoms with E-state index in [0.29, 0.717) is 11.8 Å². The van der Waals surface area contributed by atoms with Crippen LogP contribution >= 0.6 is 31.9 Å². The van der Waals surface area contributed by atoms with Crippen molar-refractivity contribution in [2.75, 3.05) is 18.0 Å². The molecule has 2 atom stereocenters. The quantitative estimate of drug-likeness (QED) is 0.108. The van der Waals surface area contributed by atoms with Gasteiger partial charge in [-0.2, -0.15) is 4.58 Å². The second-order valence-corrected chi connectivity index (χ2v) is 20.2. The maximum atomic E-state index is 3.72. The van der Waals surface area contributed by atoms with Crippen molar-refractivity contribution in [3.8, 4) is 0 Å². The van der Waals surface area contributed by atoms with Crippen LogP contribution in [0.4, 0.5) is 11.4 Å². The molecule has 2 nitrogen and oxygen atoms in total. The van der Waals surface area contributed by atoms with Gasteiger partial charge in [-0.05, 0) is 131 Å². The number of fused-ring (bicyclic) bond motifs is 7. The minimum absolute atomic E-state index is 0.105. The van der Waals surface area contributed by atoms with Crippen LogP contribution in [0, 0.1) is 17.3 Å². The predicted octanol–water partition coefficient (Wildman–Crippen LogP) is 15.0. The SMILES string of the molecule is CCCCCN1/C(=C/C=C2C=C(/C=C/C3=[N+](CCCCC)c4ccc5cc(Br)ccc5c4C3(C)C)C3CC/2C3(C)C)C(C)(C)c2c1ccc1cc(Br)ccc21. The first-order chi connectivity index (χ1) is 26.3. The molecule has 0 spiro atoms. The van der Waals surface area contributed by atoms with E-state index in [9.17, 15) is 0 Å². The Morgan fingerprint density at radius 3 is 2.04 bits per heavy atom. The van der Waals surface area contributed by atoms with Gasteiger partial charge in [-0.3, -0.25) is 0 Å². The molecule has 4 heteroatoms. The highest BCUT2D eigenvalue weighted by molar-refractivity contribution is 9.10. The van der Waals surface area contributed by atoms with Gasteiger partial charge in [0, 0.05) is 56.4 Å². The van der Waals surface area contributed by atoms with Crippen LogP contribution in [0.15, 0.2) is 117 Å². The lowest BCUT2D eigenvalue weighted by Crippen LogP contribution is -2.48. The Labute approximate surface area is 347 Å². The highest BCUT2D eigenvalue weighted by Crippen LogP contribution is 2.61. The van der Waals surface area contributed by atoms with Crippen LogP contribution in [0.3, 0.4) is 0 Å². The monoisotopic (exact) mass is 857 g/mol. The number of halogens is 2. The third-order valence-electron chi connectivity index (χ3n) is 13.9. The first-order valence-corrected chi connectivity index (χ1v) is 22.6. The first-order valence-electron chi connectivity index (χ1n) is 21.0. The summed E-state index contributed by atoms with van der Waals surface area (Å²) >= 11 is 7.45. The lowest BCUT2D eigenvalue weighted by atomic mass is 9.47. The molecule has 4 aromatic carbocycles. The number of rotatable bonds is 11. The van der Waals surface area contributed by atoms with Crippen LogP contribution in [0.5, 0.6) is 0 Å². The molecule has 5 aliphatic rings. The van der Waals surface area contributed by atoms with Gasteiger partial charge in [-0.15, -0.1) is 0 Å². The molecule has 2 unspecified atom stereocenters. The number of unbranched alkanes of at least 4 members (excludes halogenated alkanes) is 4. The van der Waals surface area contributed by atoms with Gasteiger partial charge in [0.25, 0.3) is 0 Å². The van der Waals surface area contributed by atoms with Gasteiger partial charge in [0.05, 0.1) is 5.41 Å². The van der Waals surface area contributed by atoms with Gasteiger partial charge in [-0.1, -0.05) is 129 Å². The summed E-state index contributed by atoms with van der Waals surface area (Å²) in [4.78, 5) is 2.65. The Hall–Kier alpha value is -3.21. The van der Waals surface area contributed by atoms with E-state index in [-0.39, 0.29) is 16.2 Å². The van der Waals surface area contributed by atoms with Gasteiger partial charge in [-0.25, -0.2) is 0 Å². The maximum absolute atomic E-state index is 3.72. The number of anilines is 1. The minimum atomic E-state index is -0.105. The average molecular weight is 860 g/mol. The second-order valence-electron chi connectivity index (χ2n) is 18.4. The fourth-order valence-electron chi connectivity index (χ4n) is 10.8. The summed E-state index contributed by atoms with van der Waals surface area (Å²) in [6, 6.07) is 23.0. The molecule has 9 rings (SSSR count). The molecule has 4 aromatic rings. The van der Waals surface area contributed by atoms with E-state index in [1.165, 1.54) is 112 Å². The molecular formula is C51H59Br2N2+. The summed E-state index contributed by atoms with van der Waals surface area (Å²) in [5, 5.41) is 5.35.